The number of rotatable bonds is 4. The zero-order valence-corrected chi connectivity index (χ0v) is 9.66. The fourth-order valence-electron chi connectivity index (χ4n) is 1.85. The molecule has 0 saturated carbocycles. The molecule has 0 amide bonds. The highest BCUT2D eigenvalue weighted by molar-refractivity contribution is 5.48. The highest BCUT2D eigenvalue weighted by Crippen LogP contribution is 2.35. The summed E-state index contributed by atoms with van der Waals surface area (Å²) >= 11 is 0. The molecule has 88 valence electrons. The molecule has 1 atom stereocenters. The van der Waals surface area contributed by atoms with E-state index in [0.717, 1.165) is 23.5 Å². The first kappa shape index (κ1) is 11.2. The van der Waals surface area contributed by atoms with Gasteiger partial charge in [-0.1, -0.05) is 0 Å². The Morgan fingerprint density at radius 2 is 1.94 bits per heavy atom. The molecule has 0 spiro atoms. The smallest absolute Gasteiger partial charge is 0.231 e. The number of hydrogen-bond donors (Lipinski definition) is 1. The third-order valence-electron chi connectivity index (χ3n) is 2.54. The summed E-state index contributed by atoms with van der Waals surface area (Å²) in [6, 6.07) is 4.10. The molecule has 4 nitrogen and oxygen atoms in total. The van der Waals surface area contributed by atoms with E-state index in [0.29, 0.717) is 13.4 Å². The molecule has 2 N–H and O–H groups in total. The minimum absolute atomic E-state index is 0.121. The average molecular weight is 223 g/mol. The SMILES string of the molecule is COCc1cc2c(cc1CC(C)N)OCO2. The van der Waals surface area contributed by atoms with Gasteiger partial charge in [-0.05, 0) is 36.6 Å². The molecule has 1 aliphatic rings. The van der Waals surface area contributed by atoms with E-state index in [4.69, 9.17) is 19.9 Å². The van der Waals surface area contributed by atoms with Gasteiger partial charge < -0.3 is 19.9 Å². The number of methoxy groups -OCH3 is 1. The molecule has 4 heteroatoms. The normalized spacial score (nSPS) is 15.2. The minimum Gasteiger partial charge on any atom is -0.454 e. The first-order valence-corrected chi connectivity index (χ1v) is 5.36. The van der Waals surface area contributed by atoms with Crippen molar-refractivity contribution in [2.24, 2.45) is 5.73 Å². The van der Waals surface area contributed by atoms with Crippen molar-refractivity contribution < 1.29 is 14.2 Å². The van der Waals surface area contributed by atoms with E-state index < -0.39 is 0 Å². The van der Waals surface area contributed by atoms with Crippen LogP contribution in [0.3, 0.4) is 0 Å². The Bertz CT molecular complexity index is 377. The zero-order valence-electron chi connectivity index (χ0n) is 9.66. The van der Waals surface area contributed by atoms with Crippen molar-refractivity contribution >= 4 is 0 Å². The van der Waals surface area contributed by atoms with Crippen molar-refractivity contribution in [3.8, 4) is 11.5 Å². The second kappa shape index (κ2) is 4.72. The first-order valence-electron chi connectivity index (χ1n) is 5.36. The summed E-state index contributed by atoms with van der Waals surface area (Å²) in [5, 5.41) is 0. The van der Waals surface area contributed by atoms with E-state index in [1.54, 1.807) is 7.11 Å². The van der Waals surface area contributed by atoms with Crippen LogP contribution in [-0.2, 0) is 17.8 Å². The first-order chi connectivity index (χ1) is 7.70. The average Bonchev–Trinajstić information content (AvgIpc) is 2.64. The Labute approximate surface area is 95.3 Å². The lowest BCUT2D eigenvalue weighted by molar-refractivity contribution is 0.173. The summed E-state index contributed by atoms with van der Waals surface area (Å²) in [6.45, 7) is 2.85. The van der Waals surface area contributed by atoms with Gasteiger partial charge in [-0.25, -0.2) is 0 Å². The lowest BCUT2D eigenvalue weighted by Crippen LogP contribution is -2.18. The Morgan fingerprint density at radius 3 is 2.50 bits per heavy atom. The van der Waals surface area contributed by atoms with Crippen LogP contribution in [0.1, 0.15) is 18.1 Å². The molecular formula is C12H17NO3. The monoisotopic (exact) mass is 223 g/mol. The van der Waals surface area contributed by atoms with Crippen molar-refractivity contribution in [3.63, 3.8) is 0 Å². The van der Waals surface area contributed by atoms with Gasteiger partial charge in [0.25, 0.3) is 0 Å². The van der Waals surface area contributed by atoms with Gasteiger partial charge in [0, 0.05) is 13.2 Å². The number of fused-ring (bicyclic) bond motifs is 1. The Morgan fingerprint density at radius 1 is 1.31 bits per heavy atom. The molecule has 0 aromatic heterocycles. The molecule has 1 aromatic rings. The van der Waals surface area contributed by atoms with Crippen LogP contribution in [0.15, 0.2) is 12.1 Å². The molecule has 1 heterocycles. The molecule has 0 aliphatic carbocycles. The fraction of sp³-hybridized carbons (Fsp3) is 0.500. The summed E-state index contributed by atoms with van der Waals surface area (Å²) in [4.78, 5) is 0. The molecule has 1 aromatic carbocycles. The Kier molecular flexibility index (Phi) is 3.31. The topological polar surface area (TPSA) is 53.7 Å². The number of ether oxygens (including phenoxy) is 3. The minimum atomic E-state index is 0.121. The maximum absolute atomic E-state index is 5.82. The maximum atomic E-state index is 5.82. The van der Waals surface area contributed by atoms with E-state index in [-0.39, 0.29) is 6.04 Å². The lowest BCUT2D eigenvalue weighted by atomic mass is 10.0. The third kappa shape index (κ3) is 2.28. The van der Waals surface area contributed by atoms with Gasteiger partial charge in [0.1, 0.15) is 0 Å². The standard InChI is InChI=1S/C12H17NO3/c1-8(13)3-9-4-11-12(16-7-15-11)5-10(9)6-14-2/h4-5,8H,3,6-7,13H2,1-2H3. The van der Waals surface area contributed by atoms with Crippen molar-refractivity contribution in [2.75, 3.05) is 13.9 Å². The van der Waals surface area contributed by atoms with E-state index >= 15 is 0 Å². The highest BCUT2D eigenvalue weighted by Gasteiger charge is 2.17. The lowest BCUT2D eigenvalue weighted by Gasteiger charge is -2.12. The van der Waals surface area contributed by atoms with Gasteiger partial charge >= 0.3 is 0 Å². The van der Waals surface area contributed by atoms with Gasteiger partial charge in [-0.15, -0.1) is 0 Å². The molecular weight excluding hydrogens is 206 g/mol. The van der Waals surface area contributed by atoms with Crippen LogP contribution in [0.2, 0.25) is 0 Å². The molecule has 0 radical (unpaired) electrons. The van der Waals surface area contributed by atoms with Crippen LogP contribution >= 0.6 is 0 Å². The number of benzene rings is 1. The van der Waals surface area contributed by atoms with Gasteiger partial charge in [0.05, 0.1) is 6.61 Å². The predicted molar refractivity (Wildman–Crippen MR) is 60.6 cm³/mol. The second-order valence-corrected chi connectivity index (χ2v) is 4.09. The van der Waals surface area contributed by atoms with Crippen LogP contribution in [0.25, 0.3) is 0 Å². The molecule has 0 fully saturated rings. The molecule has 2 rings (SSSR count). The predicted octanol–water partition coefficient (Wildman–Crippen LogP) is 1.45. The summed E-state index contributed by atoms with van der Waals surface area (Å²) in [7, 11) is 1.68. The maximum Gasteiger partial charge on any atom is 0.231 e. The van der Waals surface area contributed by atoms with Crippen molar-refractivity contribution in [2.45, 2.75) is 26.0 Å². The summed E-state index contributed by atoms with van der Waals surface area (Å²) in [6.07, 6.45) is 0.815. The van der Waals surface area contributed by atoms with Gasteiger partial charge in [0.2, 0.25) is 6.79 Å². The molecule has 1 aliphatic heterocycles. The molecule has 0 saturated heterocycles. The largest absolute Gasteiger partial charge is 0.454 e. The van der Waals surface area contributed by atoms with Gasteiger partial charge in [-0.3, -0.25) is 0 Å². The quantitative estimate of drug-likeness (QED) is 0.839. The number of nitrogens with two attached hydrogens (primary N) is 1. The van der Waals surface area contributed by atoms with Gasteiger partial charge in [0.15, 0.2) is 11.5 Å². The molecule has 16 heavy (non-hydrogen) atoms. The number of hydrogen-bond acceptors (Lipinski definition) is 4. The van der Waals surface area contributed by atoms with Crippen LogP contribution in [-0.4, -0.2) is 19.9 Å². The Hall–Kier alpha value is -1.26. The van der Waals surface area contributed by atoms with Crippen LogP contribution in [0.4, 0.5) is 0 Å². The van der Waals surface area contributed by atoms with E-state index in [9.17, 15) is 0 Å². The van der Waals surface area contributed by atoms with E-state index in [1.165, 1.54) is 5.56 Å². The second-order valence-electron chi connectivity index (χ2n) is 4.09. The van der Waals surface area contributed by atoms with Crippen molar-refractivity contribution in [3.05, 3.63) is 23.3 Å². The van der Waals surface area contributed by atoms with Crippen LogP contribution in [0, 0.1) is 0 Å². The summed E-state index contributed by atoms with van der Waals surface area (Å²) < 4.78 is 15.9. The highest BCUT2D eigenvalue weighted by atomic mass is 16.7. The van der Waals surface area contributed by atoms with E-state index in [2.05, 4.69) is 0 Å². The summed E-state index contributed by atoms with van der Waals surface area (Å²) in [5.74, 6) is 1.59. The Balaban J connectivity index is 2.32. The zero-order chi connectivity index (χ0) is 11.5. The summed E-state index contributed by atoms with van der Waals surface area (Å²) in [5.41, 5.74) is 8.10. The fourth-order valence-corrected chi connectivity index (χ4v) is 1.85. The van der Waals surface area contributed by atoms with Crippen molar-refractivity contribution in [1.29, 1.82) is 0 Å². The molecule has 0 bridgehead atoms. The third-order valence-corrected chi connectivity index (χ3v) is 2.54. The van der Waals surface area contributed by atoms with E-state index in [1.807, 2.05) is 19.1 Å². The van der Waals surface area contributed by atoms with Gasteiger partial charge in [-0.2, -0.15) is 0 Å². The van der Waals surface area contributed by atoms with Crippen LogP contribution in [0.5, 0.6) is 11.5 Å². The van der Waals surface area contributed by atoms with Crippen molar-refractivity contribution in [1.82, 2.24) is 0 Å². The molecule has 1 unspecified atom stereocenters. The van der Waals surface area contributed by atoms with Crippen LogP contribution < -0.4 is 15.2 Å².